The van der Waals surface area contributed by atoms with Gasteiger partial charge in [0.05, 0.1) is 51.7 Å². The molecule has 1 aliphatic rings. The Morgan fingerprint density at radius 1 is 0.859 bits per heavy atom. The summed E-state index contributed by atoms with van der Waals surface area (Å²) in [6.07, 6.45) is -1.53. The lowest BCUT2D eigenvalue weighted by atomic mass is 9.80. The normalized spacial score (nSPS) is 18.9. The minimum absolute atomic E-state index is 0.00145. The number of nitrogens with one attached hydrogen (secondary N) is 1. The molecule has 5 atom stereocenters. The summed E-state index contributed by atoms with van der Waals surface area (Å²) in [5.41, 5.74) is 1.04. The number of aromatic nitrogens is 2. The van der Waals surface area contributed by atoms with Crippen molar-refractivity contribution in [1.82, 2.24) is 14.6 Å². The lowest BCUT2D eigenvalue weighted by molar-refractivity contribution is -0.143. The smallest absolute Gasteiger partial charge is 0.318 e. The van der Waals surface area contributed by atoms with Crippen LogP contribution in [0.1, 0.15) is 104 Å². The number of hydrogen-bond donors (Lipinski definition) is 1. The molecule has 13 nitrogen and oxygen atoms in total. The first kappa shape index (κ1) is 50.8. The van der Waals surface area contributed by atoms with Crippen LogP contribution in [0.4, 0.5) is 0 Å². The van der Waals surface area contributed by atoms with Crippen LogP contribution in [0.15, 0.2) is 85.2 Å². The zero-order chi connectivity index (χ0) is 47.0. The molecule has 0 aliphatic carbocycles. The fraction of sp³-hybridized carbons (Fsp3) is 0.531. The van der Waals surface area contributed by atoms with Crippen molar-refractivity contribution < 1.29 is 42.0 Å². The van der Waals surface area contributed by atoms with Crippen LogP contribution in [-0.4, -0.2) is 86.8 Å². The van der Waals surface area contributed by atoms with Crippen LogP contribution in [0.2, 0.25) is 18.1 Å². The Labute approximate surface area is 383 Å². The standard InChI is InChI=1S/C49H69N4O9PSi/c1-33(2)53(34(3)4)63(58-30-18-29-50)61-42-40(59-43(44(42)62-64(13,14)48(8,9)10)41-45(52-32-51-41)60-46(54)47(5,6)7)31-57-49(35-19-16-15-17-20-35,36-21-25-38(55-11)26-22-36)37-23-27-39(56-12)28-24-37/h15-17,19-28,32-34,40,42-44H,18,30-31H2,1-14H3,(H,51,52)/t40-,42-,43+,44-,63?/m1/s1. The summed E-state index contributed by atoms with van der Waals surface area (Å²) in [5, 5.41) is 9.37. The number of benzene rings is 3. The second kappa shape index (κ2) is 21.4. The second-order valence-electron chi connectivity index (χ2n) is 19.1. The van der Waals surface area contributed by atoms with Gasteiger partial charge < -0.3 is 42.1 Å². The van der Waals surface area contributed by atoms with Gasteiger partial charge in [0.2, 0.25) is 5.88 Å². The third-order valence-corrected chi connectivity index (χ3v) is 18.4. The Kier molecular flexibility index (Phi) is 17.0. The van der Waals surface area contributed by atoms with Gasteiger partial charge in [0.25, 0.3) is 8.53 Å². The lowest BCUT2D eigenvalue weighted by Crippen LogP contribution is -2.49. The molecule has 15 heteroatoms. The quantitative estimate of drug-likeness (QED) is 0.0296. The summed E-state index contributed by atoms with van der Waals surface area (Å²) >= 11 is 0. The molecule has 0 saturated carbocycles. The molecular formula is C49H69N4O9PSi. The molecule has 1 saturated heterocycles. The number of carbonyl (C=O) groups excluding carboxylic acids is 1. The summed E-state index contributed by atoms with van der Waals surface area (Å²) in [7, 11) is -1.14. The van der Waals surface area contributed by atoms with E-state index in [1.54, 1.807) is 35.0 Å². The van der Waals surface area contributed by atoms with E-state index in [2.05, 4.69) is 94.4 Å². The molecule has 1 fully saturated rings. The van der Waals surface area contributed by atoms with Gasteiger partial charge in [0, 0.05) is 12.1 Å². The molecule has 0 spiro atoms. The number of H-pyrrole nitrogens is 1. The molecular weight excluding hydrogens is 848 g/mol. The van der Waals surface area contributed by atoms with E-state index in [1.807, 2.05) is 66.7 Å². The molecule has 348 valence electrons. The van der Waals surface area contributed by atoms with Gasteiger partial charge in [-0.05, 0) is 108 Å². The summed E-state index contributed by atoms with van der Waals surface area (Å²) in [6, 6.07) is 28.1. The first-order valence-electron chi connectivity index (χ1n) is 22.0. The largest absolute Gasteiger partial charge is 0.497 e. The van der Waals surface area contributed by atoms with E-state index in [1.165, 1.54) is 6.33 Å². The predicted molar refractivity (Wildman–Crippen MR) is 252 cm³/mol. The van der Waals surface area contributed by atoms with E-state index in [0.717, 1.165) is 16.7 Å². The molecule has 0 bridgehead atoms. The average molecular weight is 917 g/mol. The van der Waals surface area contributed by atoms with Gasteiger partial charge in [-0.15, -0.1) is 0 Å². The molecule has 1 N–H and O–H groups in total. The van der Waals surface area contributed by atoms with Crippen molar-refractivity contribution in [2.45, 2.75) is 136 Å². The lowest BCUT2D eigenvalue weighted by Gasteiger charge is -2.42. The fourth-order valence-corrected chi connectivity index (χ4v) is 10.4. The molecule has 1 aromatic heterocycles. The van der Waals surface area contributed by atoms with Crippen molar-refractivity contribution in [2.24, 2.45) is 5.41 Å². The van der Waals surface area contributed by atoms with Crippen LogP contribution in [0.25, 0.3) is 0 Å². The van der Waals surface area contributed by atoms with E-state index >= 15 is 0 Å². The molecule has 1 unspecified atom stereocenters. The van der Waals surface area contributed by atoms with Crippen LogP contribution in [0, 0.1) is 16.7 Å². The number of methoxy groups -OCH3 is 2. The molecule has 0 radical (unpaired) electrons. The summed E-state index contributed by atoms with van der Waals surface area (Å²) in [6.45, 7) is 24.9. The SMILES string of the molecule is COc1ccc(C(OC[C@H]2O[C@@H](c3[nH]cnc3OC(=O)C(C)(C)C)[C@H](O[Si](C)(C)C(C)(C)C)[C@@H]2OP(OCCC#N)N(C(C)C)C(C)C)(c2ccccc2)c2ccc(OC)cc2)cc1. The first-order chi connectivity index (χ1) is 30.2. The second-order valence-corrected chi connectivity index (χ2v) is 25.3. The Morgan fingerprint density at radius 3 is 1.89 bits per heavy atom. The van der Waals surface area contributed by atoms with Gasteiger partial charge >= 0.3 is 5.97 Å². The maximum atomic E-state index is 13.4. The molecule has 5 rings (SSSR count). The average Bonchev–Trinajstić information content (AvgIpc) is 3.84. The number of hydrogen-bond acceptors (Lipinski definition) is 12. The van der Waals surface area contributed by atoms with E-state index in [4.69, 9.17) is 37.2 Å². The number of nitrogens with zero attached hydrogens (tertiary/aromatic N) is 3. The Balaban J connectivity index is 1.74. The van der Waals surface area contributed by atoms with Crippen LogP contribution in [-0.2, 0) is 33.3 Å². The Bertz CT molecular complexity index is 2070. The molecule has 64 heavy (non-hydrogen) atoms. The zero-order valence-electron chi connectivity index (χ0n) is 40.1. The van der Waals surface area contributed by atoms with E-state index in [0.29, 0.717) is 17.2 Å². The summed E-state index contributed by atoms with van der Waals surface area (Å²) in [5.74, 6) is 1.06. The molecule has 0 amide bonds. The molecule has 3 aromatic carbocycles. The number of esters is 1. The van der Waals surface area contributed by atoms with Crippen molar-refractivity contribution >= 4 is 22.8 Å². The van der Waals surface area contributed by atoms with E-state index in [9.17, 15) is 10.1 Å². The highest BCUT2D eigenvalue weighted by Crippen LogP contribution is 2.53. The van der Waals surface area contributed by atoms with Crippen molar-refractivity contribution in [3.63, 3.8) is 0 Å². The fourth-order valence-electron chi connectivity index (χ4n) is 7.36. The van der Waals surface area contributed by atoms with Gasteiger partial charge in [-0.3, -0.25) is 4.79 Å². The topological polar surface area (TPSA) is 147 Å². The number of carbonyl (C=O) groups is 1. The molecule has 2 heterocycles. The molecule has 4 aromatic rings. The van der Waals surface area contributed by atoms with Crippen LogP contribution in [0.3, 0.4) is 0 Å². The number of imidazole rings is 1. The van der Waals surface area contributed by atoms with Crippen molar-refractivity contribution in [3.8, 4) is 23.4 Å². The highest BCUT2D eigenvalue weighted by molar-refractivity contribution is 7.44. The first-order valence-corrected chi connectivity index (χ1v) is 26.0. The maximum Gasteiger partial charge on any atom is 0.318 e. The third kappa shape index (κ3) is 11.6. The van der Waals surface area contributed by atoms with Crippen molar-refractivity contribution in [1.29, 1.82) is 5.26 Å². The maximum absolute atomic E-state index is 13.4. The highest BCUT2D eigenvalue weighted by Gasteiger charge is 2.55. The zero-order valence-corrected chi connectivity index (χ0v) is 42.0. The monoisotopic (exact) mass is 916 g/mol. The third-order valence-electron chi connectivity index (χ3n) is 11.8. The van der Waals surface area contributed by atoms with Crippen LogP contribution in [0.5, 0.6) is 17.4 Å². The summed E-state index contributed by atoms with van der Waals surface area (Å²) < 4.78 is 55.5. The number of aromatic amines is 1. The van der Waals surface area contributed by atoms with Crippen LogP contribution >= 0.6 is 8.53 Å². The van der Waals surface area contributed by atoms with E-state index in [-0.39, 0.29) is 42.6 Å². The minimum Gasteiger partial charge on any atom is -0.497 e. The Hall–Kier alpha value is -4.16. The van der Waals surface area contributed by atoms with Crippen molar-refractivity contribution in [3.05, 3.63) is 108 Å². The summed E-state index contributed by atoms with van der Waals surface area (Å²) in [4.78, 5) is 21.1. The van der Waals surface area contributed by atoms with Gasteiger partial charge in [-0.2, -0.15) is 5.26 Å². The van der Waals surface area contributed by atoms with Crippen LogP contribution < -0.4 is 14.2 Å². The number of nitriles is 1. The minimum atomic E-state index is -2.62. The van der Waals surface area contributed by atoms with Gasteiger partial charge in [-0.25, -0.2) is 9.65 Å². The van der Waals surface area contributed by atoms with Gasteiger partial charge in [-0.1, -0.05) is 75.4 Å². The van der Waals surface area contributed by atoms with Crippen molar-refractivity contribution in [2.75, 3.05) is 27.4 Å². The highest BCUT2D eigenvalue weighted by atomic mass is 31.2. The van der Waals surface area contributed by atoms with E-state index < -0.39 is 58.2 Å². The number of ether oxygens (including phenoxy) is 5. The van der Waals surface area contributed by atoms with Gasteiger partial charge in [0.15, 0.2) is 8.32 Å². The number of rotatable bonds is 20. The Morgan fingerprint density at radius 2 is 1.41 bits per heavy atom. The van der Waals surface area contributed by atoms with Gasteiger partial charge in [0.1, 0.15) is 47.2 Å². The predicted octanol–water partition coefficient (Wildman–Crippen LogP) is 10.9. The molecule has 1 aliphatic heterocycles.